The Morgan fingerprint density at radius 3 is 2.50 bits per heavy atom. The lowest BCUT2D eigenvalue weighted by Crippen LogP contribution is -2.50. The number of likely N-dealkylation sites (tertiary alicyclic amines) is 2. The number of carbonyl (C=O) groups is 1. The molecule has 1 amide bonds. The lowest BCUT2D eigenvalue weighted by Gasteiger charge is -2.49. The lowest BCUT2D eigenvalue weighted by atomic mass is 9.58. The van der Waals surface area contributed by atoms with Gasteiger partial charge in [-0.1, -0.05) is 6.07 Å². The second kappa shape index (κ2) is 6.15. The first kappa shape index (κ1) is 17.7. The molecule has 2 heterocycles. The van der Waals surface area contributed by atoms with Gasteiger partial charge in [-0.2, -0.15) is 0 Å². The van der Waals surface area contributed by atoms with E-state index in [2.05, 4.69) is 24.1 Å². The van der Waals surface area contributed by atoms with Crippen LogP contribution in [0.2, 0.25) is 0 Å². The molecule has 3 fully saturated rings. The quantitative estimate of drug-likeness (QED) is 0.833. The Bertz CT molecular complexity index is 721. The predicted octanol–water partition coefficient (Wildman–Crippen LogP) is 2.68. The highest BCUT2D eigenvalue weighted by Crippen LogP contribution is 2.56. The average molecular weight is 358 g/mol. The summed E-state index contributed by atoms with van der Waals surface area (Å²) >= 11 is 0. The van der Waals surface area contributed by atoms with Gasteiger partial charge in [-0.15, -0.1) is 0 Å². The van der Waals surface area contributed by atoms with Gasteiger partial charge in [0.05, 0.1) is 14.2 Å². The van der Waals surface area contributed by atoms with E-state index in [0.717, 1.165) is 50.3 Å². The lowest BCUT2D eigenvalue weighted by molar-refractivity contribution is -0.126. The van der Waals surface area contributed by atoms with Crippen molar-refractivity contribution >= 4 is 5.91 Å². The highest BCUT2D eigenvalue weighted by Gasteiger charge is 2.56. The van der Waals surface area contributed by atoms with Crippen LogP contribution in [0.3, 0.4) is 0 Å². The molecule has 5 nitrogen and oxygen atoms in total. The van der Waals surface area contributed by atoms with Gasteiger partial charge in [0.15, 0.2) is 11.5 Å². The summed E-state index contributed by atoms with van der Waals surface area (Å²) in [5.41, 5.74) is 1.68. The standard InChI is InChI=1S/C21H30N2O3/c1-22-10-9-21(15-5-6-16(25-3)17(11-15)26-4)8-7-20(12-18(21)22)13-19(24)23(2)14-20/h5-6,11,18H,7-10,12-14H2,1-4H3. The molecule has 2 saturated heterocycles. The summed E-state index contributed by atoms with van der Waals surface area (Å²) in [5.74, 6) is 1.90. The molecular formula is C21H30N2O3. The number of hydrogen-bond donors (Lipinski definition) is 0. The third-order valence-corrected chi connectivity index (χ3v) is 7.29. The summed E-state index contributed by atoms with van der Waals surface area (Å²) in [6.07, 6.45) is 5.26. The number of nitrogens with zero attached hydrogens (tertiary/aromatic N) is 2. The summed E-state index contributed by atoms with van der Waals surface area (Å²) in [6, 6.07) is 6.91. The number of ether oxygens (including phenoxy) is 2. The molecule has 1 aromatic rings. The van der Waals surface area contributed by atoms with E-state index in [0.29, 0.717) is 11.9 Å². The van der Waals surface area contributed by atoms with Crippen molar-refractivity contribution in [3.63, 3.8) is 0 Å². The van der Waals surface area contributed by atoms with Crippen LogP contribution in [0.1, 0.15) is 37.7 Å². The number of methoxy groups -OCH3 is 2. The van der Waals surface area contributed by atoms with Crippen LogP contribution < -0.4 is 9.47 Å². The maximum Gasteiger partial charge on any atom is 0.222 e. The second-order valence-corrected chi connectivity index (χ2v) is 8.60. The summed E-state index contributed by atoms with van der Waals surface area (Å²) < 4.78 is 11.0. The molecule has 0 N–H and O–H groups in total. The zero-order valence-corrected chi connectivity index (χ0v) is 16.4. The first-order valence-corrected chi connectivity index (χ1v) is 9.60. The molecule has 5 heteroatoms. The molecule has 3 unspecified atom stereocenters. The number of fused-ring (bicyclic) bond motifs is 1. The van der Waals surface area contributed by atoms with Gasteiger partial charge in [-0.05, 0) is 62.4 Å². The van der Waals surface area contributed by atoms with E-state index in [4.69, 9.17) is 9.47 Å². The molecule has 26 heavy (non-hydrogen) atoms. The average Bonchev–Trinajstić information content (AvgIpc) is 3.12. The molecule has 142 valence electrons. The monoisotopic (exact) mass is 358 g/mol. The Balaban J connectivity index is 1.69. The van der Waals surface area contributed by atoms with Crippen LogP contribution in [0.25, 0.3) is 0 Å². The second-order valence-electron chi connectivity index (χ2n) is 8.60. The van der Waals surface area contributed by atoms with Crippen molar-refractivity contribution in [3.8, 4) is 11.5 Å². The third kappa shape index (κ3) is 2.51. The number of rotatable bonds is 3. The summed E-state index contributed by atoms with van der Waals surface area (Å²) in [4.78, 5) is 16.7. The van der Waals surface area contributed by atoms with Crippen molar-refractivity contribution in [1.29, 1.82) is 0 Å². The third-order valence-electron chi connectivity index (χ3n) is 7.29. The smallest absolute Gasteiger partial charge is 0.222 e. The molecule has 0 aromatic heterocycles. The Kier molecular flexibility index (Phi) is 4.18. The molecular weight excluding hydrogens is 328 g/mol. The molecule has 0 bridgehead atoms. The fourth-order valence-corrected chi connectivity index (χ4v) is 5.80. The van der Waals surface area contributed by atoms with E-state index >= 15 is 0 Å². The zero-order chi connectivity index (χ0) is 18.5. The van der Waals surface area contributed by atoms with Crippen molar-refractivity contribution in [2.24, 2.45) is 5.41 Å². The minimum Gasteiger partial charge on any atom is -0.493 e. The maximum atomic E-state index is 12.2. The summed E-state index contributed by atoms with van der Waals surface area (Å²) in [5, 5.41) is 0. The first-order chi connectivity index (χ1) is 12.4. The normalized spacial score (nSPS) is 34.4. The van der Waals surface area contributed by atoms with Crippen LogP contribution in [-0.4, -0.2) is 63.2 Å². The fourth-order valence-electron chi connectivity index (χ4n) is 5.80. The molecule has 0 radical (unpaired) electrons. The van der Waals surface area contributed by atoms with Crippen LogP contribution in [0.4, 0.5) is 0 Å². The Morgan fingerprint density at radius 1 is 1.08 bits per heavy atom. The molecule has 1 spiro atoms. The van der Waals surface area contributed by atoms with Gasteiger partial charge in [0, 0.05) is 31.5 Å². The van der Waals surface area contributed by atoms with Crippen molar-refractivity contribution in [2.45, 2.75) is 43.6 Å². The van der Waals surface area contributed by atoms with Crippen LogP contribution in [0, 0.1) is 5.41 Å². The van der Waals surface area contributed by atoms with Crippen molar-refractivity contribution < 1.29 is 14.3 Å². The molecule has 1 aliphatic carbocycles. The van der Waals surface area contributed by atoms with Crippen LogP contribution in [0.5, 0.6) is 11.5 Å². The zero-order valence-electron chi connectivity index (χ0n) is 16.4. The Labute approximate surface area is 156 Å². The maximum absolute atomic E-state index is 12.2. The molecule has 1 aromatic carbocycles. The molecule has 2 aliphatic heterocycles. The molecule has 1 saturated carbocycles. The van der Waals surface area contributed by atoms with Gasteiger partial charge < -0.3 is 19.3 Å². The number of likely N-dealkylation sites (N-methyl/N-ethyl adjacent to an activating group) is 1. The van der Waals surface area contributed by atoms with Gasteiger partial charge in [0.2, 0.25) is 5.91 Å². The number of amides is 1. The SMILES string of the molecule is COc1ccc(C23CCN(C)C2CC2(CC3)CC(=O)N(C)C2)cc1OC. The van der Waals surface area contributed by atoms with E-state index < -0.39 is 0 Å². The number of carbonyl (C=O) groups excluding carboxylic acids is 1. The molecule has 3 aliphatic rings. The highest BCUT2D eigenvalue weighted by atomic mass is 16.5. The van der Waals surface area contributed by atoms with E-state index in [-0.39, 0.29) is 10.8 Å². The van der Waals surface area contributed by atoms with Crippen molar-refractivity contribution in [1.82, 2.24) is 9.80 Å². The Hall–Kier alpha value is -1.75. The predicted molar refractivity (Wildman–Crippen MR) is 101 cm³/mol. The van der Waals surface area contributed by atoms with Crippen LogP contribution >= 0.6 is 0 Å². The van der Waals surface area contributed by atoms with Gasteiger partial charge in [-0.3, -0.25) is 4.79 Å². The first-order valence-electron chi connectivity index (χ1n) is 9.60. The minimum absolute atomic E-state index is 0.157. The summed E-state index contributed by atoms with van der Waals surface area (Å²) in [7, 11) is 7.58. The number of hydrogen-bond acceptors (Lipinski definition) is 4. The number of benzene rings is 1. The highest BCUT2D eigenvalue weighted by molar-refractivity contribution is 5.79. The van der Waals surface area contributed by atoms with Crippen molar-refractivity contribution in [2.75, 3.05) is 41.4 Å². The topological polar surface area (TPSA) is 42.0 Å². The van der Waals surface area contributed by atoms with Gasteiger partial charge in [0.25, 0.3) is 0 Å². The van der Waals surface area contributed by atoms with E-state index in [9.17, 15) is 4.79 Å². The molecule has 3 atom stereocenters. The fraction of sp³-hybridized carbons (Fsp3) is 0.667. The summed E-state index contributed by atoms with van der Waals surface area (Å²) in [6.45, 7) is 2.02. The van der Waals surface area contributed by atoms with Gasteiger partial charge in [0.1, 0.15) is 0 Å². The van der Waals surface area contributed by atoms with E-state index in [1.165, 1.54) is 12.0 Å². The van der Waals surface area contributed by atoms with Gasteiger partial charge in [-0.25, -0.2) is 0 Å². The largest absolute Gasteiger partial charge is 0.493 e. The van der Waals surface area contributed by atoms with E-state index in [1.807, 2.05) is 18.0 Å². The van der Waals surface area contributed by atoms with Crippen molar-refractivity contribution in [3.05, 3.63) is 23.8 Å². The minimum atomic E-state index is 0.157. The molecule has 4 rings (SSSR count). The van der Waals surface area contributed by atoms with Crippen LogP contribution in [0.15, 0.2) is 18.2 Å². The van der Waals surface area contributed by atoms with Gasteiger partial charge >= 0.3 is 0 Å². The van der Waals surface area contributed by atoms with E-state index in [1.54, 1.807) is 14.2 Å². The van der Waals surface area contributed by atoms with Crippen LogP contribution in [-0.2, 0) is 10.2 Å². The Morgan fingerprint density at radius 2 is 1.85 bits per heavy atom.